The predicted octanol–water partition coefficient (Wildman–Crippen LogP) is 4.25. The maximum absolute atomic E-state index is 12.4. The second-order valence-corrected chi connectivity index (χ2v) is 7.05. The Morgan fingerprint density at radius 3 is 2.27 bits per heavy atom. The lowest BCUT2D eigenvalue weighted by atomic mass is 10.0. The number of carbonyl (C=O) groups is 1. The second kappa shape index (κ2) is 9.22. The zero-order chi connectivity index (χ0) is 16.7. The molecular weight excluding hydrogens is 393 g/mol. The van der Waals surface area contributed by atoms with Crippen molar-refractivity contribution in [1.29, 1.82) is 0 Å². The minimum atomic E-state index is -0.0672. The highest BCUT2D eigenvalue weighted by atomic mass is 127. The van der Waals surface area contributed by atoms with E-state index in [4.69, 9.17) is 9.47 Å². The molecular formula is C17H26INO3. The maximum atomic E-state index is 12.4. The largest absolute Gasteiger partial charge is 0.493 e. The summed E-state index contributed by atoms with van der Waals surface area (Å²) in [6.07, 6.45) is 3.31. The maximum Gasteiger partial charge on any atom is 0.252 e. The van der Waals surface area contributed by atoms with Crippen molar-refractivity contribution in [3.05, 3.63) is 21.3 Å². The van der Waals surface area contributed by atoms with Crippen molar-refractivity contribution in [2.45, 2.75) is 46.1 Å². The third-order valence-corrected chi connectivity index (χ3v) is 4.41. The minimum absolute atomic E-state index is 0.0672. The van der Waals surface area contributed by atoms with Crippen molar-refractivity contribution in [3.8, 4) is 11.5 Å². The zero-order valence-corrected chi connectivity index (χ0v) is 16.2. The average Bonchev–Trinajstić information content (AvgIpc) is 2.46. The van der Waals surface area contributed by atoms with Gasteiger partial charge in [-0.05, 0) is 54.0 Å². The van der Waals surface area contributed by atoms with Crippen LogP contribution in [0.4, 0.5) is 0 Å². The number of hydrogen-bond donors (Lipinski definition) is 1. The number of carbonyl (C=O) groups excluding carboxylic acids is 1. The van der Waals surface area contributed by atoms with E-state index in [1.807, 2.05) is 13.0 Å². The Labute approximate surface area is 147 Å². The van der Waals surface area contributed by atoms with Crippen LogP contribution in [0.5, 0.6) is 11.5 Å². The lowest BCUT2D eigenvalue weighted by Gasteiger charge is -2.16. The summed E-state index contributed by atoms with van der Waals surface area (Å²) in [5.74, 6) is 1.84. The first-order valence-electron chi connectivity index (χ1n) is 7.61. The number of methoxy groups -OCH3 is 2. The van der Waals surface area contributed by atoms with Gasteiger partial charge in [-0.3, -0.25) is 4.79 Å². The van der Waals surface area contributed by atoms with Crippen molar-refractivity contribution >= 4 is 28.5 Å². The molecule has 0 saturated carbocycles. The van der Waals surface area contributed by atoms with Gasteiger partial charge in [0.25, 0.3) is 5.91 Å². The number of halogens is 1. The lowest BCUT2D eigenvalue weighted by Crippen LogP contribution is -2.33. The van der Waals surface area contributed by atoms with Gasteiger partial charge in [-0.2, -0.15) is 0 Å². The Hall–Kier alpha value is -0.980. The van der Waals surface area contributed by atoms with E-state index in [9.17, 15) is 4.79 Å². The summed E-state index contributed by atoms with van der Waals surface area (Å²) < 4.78 is 11.4. The Balaban J connectivity index is 2.72. The molecule has 0 aliphatic rings. The number of hydrogen-bond acceptors (Lipinski definition) is 3. The normalized spacial score (nSPS) is 12.1. The van der Waals surface area contributed by atoms with Crippen LogP contribution in [0.1, 0.15) is 50.4 Å². The van der Waals surface area contributed by atoms with E-state index < -0.39 is 0 Å². The van der Waals surface area contributed by atoms with Crippen LogP contribution in [0.25, 0.3) is 0 Å². The van der Waals surface area contributed by atoms with Crippen molar-refractivity contribution in [2.75, 3.05) is 14.2 Å². The van der Waals surface area contributed by atoms with Gasteiger partial charge < -0.3 is 14.8 Å². The van der Waals surface area contributed by atoms with Crippen LogP contribution in [0, 0.1) is 9.49 Å². The number of rotatable bonds is 8. The number of nitrogens with one attached hydrogen (secondary N) is 1. The van der Waals surface area contributed by atoms with E-state index >= 15 is 0 Å². The highest BCUT2D eigenvalue weighted by molar-refractivity contribution is 14.1. The van der Waals surface area contributed by atoms with Crippen molar-refractivity contribution < 1.29 is 14.3 Å². The second-order valence-electron chi connectivity index (χ2n) is 5.89. The first kappa shape index (κ1) is 19.1. The molecule has 1 aromatic carbocycles. The fourth-order valence-electron chi connectivity index (χ4n) is 2.23. The van der Waals surface area contributed by atoms with Crippen LogP contribution in [0.2, 0.25) is 0 Å². The molecule has 1 amide bonds. The molecule has 5 heteroatoms. The van der Waals surface area contributed by atoms with Crippen LogP contribution in [0.3, 0.4) is 0 Å². The topological polar surface area (TPSA) is 47.6 Å². The van der Waals surface area contributed by atoms with Crippen molar-refractivity contribution in [3.63, 3.8) is 0 Å². The molecule has 0 saturated heterocycles. The molecule has 0 aliphatic carbocycles. The average molecular weight is 419 g/mol. The lowest BCUT2D eigenvalue weighted by molar-refractivity contribution is 0.0936. The van der Waals surface area contributed by atoms with E-state index in [1.165, 1.54) is 6.42 Å². The molecule has 0 heterocycles. The first-order chi connectivity index (χ1) is 10.4. The molecule has 1 unspecified atom stereocenters. The molecule has 1 N–H and O–H groups in total. The Morgan fingerprint density at radius 2 is 1.73 bits per heavy atom. The molecule has 1 rings (SSSR count). The van der Waals surface area contributed by atoms with Gasteiger partial charge in [-0.15, -0.1) is 0 Å². The number of amides is 1. The molecule has 0 aromatic heterocycles. The molecule has 0 aliphatic heterocycles. The zero-order valence-electron chi connectivity index (χ0n) is 14.0. The predicted molar refractivity (Wildman–Crippen MR) is 97.9 cm³/mol. The summed E-state index contributed by atoms with van der Waals surface area (Å²) in [7, 11) is 3.16. The van der Waals surface area contributed by atoms with Gasteiger partial charge in [0.15, 0.2) is 11.5 Å². The van der Waals surface area contributed by atoms with Crippen molar-refractivity contribution in [1.82, 2.24) is 5.32 Å². The Bertz CT molecular complexity index is 503. The summed E-state index contributed by atoms with van der Waals surface area (Å²) in [6.45, 7) is 6.48. The van der Waals surface area contributed by atoms with Gasteiger partial charge in [0.1, 0.15) is 0 Å². The molecule has 0 spiro atoms. The third kappa shape index (κ3) is 5.66. The molecule has 1 atom stereocenters. The summed E-state index contributed by atoms with van der Waals surface area (Å²) >= 11 is 2.15. The number of benzene rings is 1. The minimum Gasteiger partial charge on any atom is -0.493 e. The van der Waals surface area contributed by atoms with E-state index in [0.29, 0.717) is 23.0 Å². The van der Waals surface area contributed by atoms with Gasteiger partial charge >= 0.3 is 0 Å². The Kier molecular flexibility index (Phi) is 8.00. The molecule has 124 valence electrons. The van der Waals surface area contributed by atoms with E-state index in [2.05, 4.69) is 41.8 Å². The fourth-order valence-corrected chi connectivity index (χ4v) is 2.92. The summed E-state index contributed by atoms with van der Waals surface area (Å²) in [5.41, 5.74) is 0.619. The van der Waals surface area contributed by atoms with Gasteiger partial charge in [0, 0.05) is 9.61 Å². The first-order valence-corrected chi connectivity index (χ1v) is 8.69. The van der Waals surface area contributed by atoms with Gasteiger partial charge in [0.2, 0.25) is 0 Å². The SMILES string of the molecule is COc1cc(I)c(C(=O)NC(C)CCCC(C)C)cc1OC. The number of ether oxygens (including phenoxy) is 2. The van der Waals surface area contributed by atoms with Crippen LogP contribution in [-0.4, -0.2) is 26.2 Å². The van der Waals surface area contributed by atoms with Crippen LogP contribution >= 0.6 is 22.6 Å². The quantitative estimate of drug-likeness (QED) is 0.641. The molecule has 1 aromatic rings. The van der Waals surface area contributed by atoms with Crippen LogP contribution in [-0.2, 0) is 0 Å². The molecule has 22 heavy (non-hydrogen) atoms. The third-order valence-electron chi connectivity index (χ3n) is 3.51. The highest BCUT2D eigenvalue weighted by Gasteiger charge is 2.17. The fraction of sp³-hybridized carbons (Fsp3) is 0.588. The van der Waals surface area contributed by atoms with E-state index in [1.54, 1.807) is 20.3 Å². The highest BCUT2D eigenvalue weighted by Crippen LogP contribution is 2.31. The summed E-state index contributed by atoms with van der Waals surface area (Å²) in [6, 6.07) is 3.71. The van der Waals surface area contributed by atoms with Crippen LogP contribution < -0.4 is 14.8 Å². The van der Waals surface area contributed by atoms with Gasteiger partial charge in [0.05, 0.1) is 19.8 Å². The Morgan fingerprint density at radius 1 is 1.14 bits per heavy atom. The smallest absolute Gasteiger partial charge is 0.252 e. The molecule has 0 bridgehead atoms. The molecule has 4 nitrogen and oxygen atoms in total. The monoisotopic (exact) mass is 419 g/mol. The molecule has 0 fully saturated rings. The van der Waals surface area contributed by atoms with E-state index in [-0.39, 0.29) is 11.9 Å². The van der Waals surface area contributed by atoms with Crippen LogP contribution in [0.15, 0.2) is 12.1 Å². The van der Waals surface area contributed by atoms with Gasteiger partial charge in [-0.1, -0.05) is 26.7 Å². The van der Waals surface area contributed by atoms with E-state index in [0.717, 1.165) is 16.4 Å². The standard InChI is InChI=1S/C17H26INO3/c1-11(2)7-6-8-12(3)19-17(20)13-9-15(21-4)16(22-5)10-14(13)18/h9-12H,6-8H2,1-5H3,(H,19,20). The van der Waals surface area contributed by atoms with Gasteiger partial charge in [-0.25, -0.2) is 0 Å². The summed E-state index contributed by atoms with van der Waals surface area (Å²) in [5, 5.41) is 3.06. The summed E-state index contributed by atoms with van der Waals surface area (Å²) in [4.78, 5) is 12.4. The molecule has 0 radical (unpaired) electrons. The van der Waals surface area contributed by atoms with Crippen molar-refractivity contribution in [2.24, 2.45) is 5.92 Å².